The Morgan fingerprint density at radius 1 is 1.41 bits per heavy atom. The summed E-state index contributed by atoms with van der Waals surface area (Å²) in [6.07, 6.45) is 6.02. The van der Waals surface area contributed by atoms with E-state index in [0.29, 0.717) is 0 Å². The van der Waals surface area contributed by atoms with Gasteiger partial charge in [0.2, 0.25) is 0 Å². The van der Waals surface area contributed by atoms with Gasteiger partial charge in [0.15, 0.2) is 0 Å². The van der Waals surface area contributed by atoms with Crippen LogP contribution in [0.15, 0.2) is 23.3 Å². The first-order valence-corrected chi connectivity index (χ1v) is 5.78. The van der Waals surface area contributed by atoms with Crippen molar-refractivity contribution in [2.75, 3.05) is 0 Å². The maximum Gasteiger partial charge on any atom is 0.331 e. The molecule has 4 nitrogen and oxygen atoms in total. The molecule has 0 aliphatic heterocycles. The van der Waals surface area contributed by atoms with Crippen LogP contribution in [0.5, 0.6) is 0 Å². The van der Waals surface area contributed by atoms with Crippen LogP contribution in [0.4, 0.5) is 0 Å². The van der Waals surface area contributed by atoms with Crippen molar-refractivity contribution < 1.29 is 19.8 Å². The van der Waals surface area contributed by atoms with Crippen molar-refractivity contribution in [1.29, 1.82) is 0 Å². The molecule has 4 heteroatoms. The summed E-state index contributed by atoms with van der Waals surface area (Å²) in [5.41, 5.74) is -0.0881. The summed E-state index contributed by atoms with van der Waals surface area (Å²) in [5, 5.41) is 18.2. The fraction of sp³-hybridized carbons (Fsp3) is 0.538. The Kier molecular flexibility index (Phi) is 4.10. The van der Waals surface area contributed by atoms with E-state index in [0.717, 1.165) is 24.8 Å². The van der Waals surface area contributed by atoms with Crippen LogP contribution in [0.1, 0.15) is 39.5 Å². The summed E-state index contributed by atoms with van der Waals surface area (Å²) in [4.78, 5) is 22.2. The molecule has 1 aliphatic carbocycles. The molecule has 0 amide bonds. The van der Waals surface area contributed by atoms with Gasteiger partial charge < -0.3 is 10.2 Å². The van der Waals surface area contributed by atoms with Gasteiger partial charge in [-0.2, -0.15) is 0 Å². The number of carboxylic acids is 2. The molecule has 0 radical (unpaired) electrons. The van der Waals surface area contributed by atoms with Crippen molar-refractivity contribution >= 4 is 11.9 Å². The molecule has 0 saturated carbocycles. The van der Waals surface area contributed by atoms with E-state index >= 15 is 0 Å². The minimum absolute atomic E-state index is 0.0489. The monoisotopic (exact) mass is 238 g/mol. The van der Waals surface area contributed by atoms with E-state index in [-0.39, 0.29) is 12.0 Å². The van der Waals surface area contributed by atoms with Crippen LogP contribution in [0.3, 0.4) is 0 Å². The standard InChI is InChI=1S/C13H18O4/c1-3-4-5-9-6-10(11(14)15)8-13(2,7-9)12(16)17/h6-7H,3-5,8H2,1-2H3,(H,14,15)(H,16,17). The van der Waals surface area contributed by atoms with Crippen LogP contribution < -0.4 is 0 Å². The first kappa shape index (κ1) is 13.5. The van der Waals surface area contributed by atoms with Crippen molar-refractivity contribution in [2.24, 2.45) is 5.41 Å². The molecule has 1 unspecified atom stereocenters. The molecular weight excluding hydrogens is 220 g/mol. The molecule has 1 rings (SSSR count). The summed E-state index contributed by atoms with van der Waals surface area (Å²) < 4.78 is 0. The largest absolute Gasteiger partial charge is 0.481 e. The van der Waals surface area contributed by atoms with Gasteiger partial charge in [0.1, 0.15) is 0 Å². The molecule has 0 aromatic carbocycles. The van der Waals surface area contributed by atoms with E-state index in [1.165, 1.54) is 0 Å². The van der Waals surface area contributed by atoms with E-state index in [4.69, 9.17) is 5.11 Å². The van der Waals surface area contributed by atoms with Crippen LogP contribution in [0, 0.1) is 5.41 Å². The summed E-state index contributed by atoms with van der Waals surface area (Å²) in [7, 11) is 0. The second-order valence-electron chi connectivity index (χ2n) is 4.70. The van der Waals surface area contributed by atoms with Crippen LogP contribution in [-0.4, -0.2) is 22.2 Å². The second kappa shape index (κ2) is 5.17. The summed E-state index contributed by atoms with van der Waals surface area (Å²) in [6, 6.07) is 0. The van der Waals surface area contributed by atoms with Crippen LogP contribution in [-0.2, 0) is 9.59 Å². The lowest BCUT2D eigenvalue weighted by atomic mass is 9.77. The Balaban J connectivity index is 3.02. The van der Waals surface area contributed by atoms with Crippen molar-refractivity contribution in [1.82, 2.24) is 0 Å². The zero-order valence-corrected chi connectivity index (χ0v) is 10.2. The summed E-state index contributed by atoms with van der Waals surface area (Å²) in [5.74, 6) is -2.00. The van der Waals surface area contributed by atoms with E-state index in [1.54, 1.807) is 19.1 Å². The number of carbonyl (C=O) groups is 2. The molecule has 94 valence electrons. The van der Waals surface area contributed by atoms with Gasteiger partial charge in [0.25, 0.3) is 0 Å². The zero-order valence-electron chi connectivity index (χ0n) is 10.2. The van der Waals surface area contributed by atoms with Gasteiger partial charge in [-0.05, 0) is 32.3 Å². The van der Waals surface area contributed by atoms with E-state index in [2.05, 4.69) is 0 Å². The molecule has 0 saturated heterocycles. The Morgan fingerprint density at radius 2 is 2.06 bits per heavy atom. The van der Waals surface area contributed by atoms with E-state index < -0.39 is 17.4 Å². The molecule has 0 spiro atoms. The smallest absolute Gasteiger partial charge is 0.331 e. The maximum atomic E-state index is 11.2. The molecule has 0 fully saturated rings. The number of rotatable bonds is 5. The Morgan fingerprint density at radius 3 is 2.53 bits per heavy atom. The third kappa shape index (κ3) is 3.19. The molecule has 0 bridgehead atoms. The highest BCUT2D eigenvalue weighted by atomic mass is 16.4. The molecule has 1 aliphatic rings. The molecular formula is C13H18O4. The Hall–Kier alpha value is -1.58. The van der Waals surface area contributed by atoms with Crippen LogP contribution >= 0.6 is 0 Å². The molecule has 17 heavy (non-hydrogen) atoms. The molecule has 0 heterocycles. The van der Waals surface area contributed by atoms with Gasteiger partial charge in [-0.3, -0.25) is 4.79 Å². The molecule has 0 aromatic rings. The van der Waals surface area contributed by atoms with Gasteiger partial charge in [0, 0.05) is 5.57 Å². The molecule has 0 aromatic heterocycles. The van der Waals surface area contributed by atoms with Gasteiger partial charge >= 0.3 is 11.9 Å². The summed E-state index contributed by atoms with van der Waals surface area (Å²) >= 11 is 0. The number of aliphatic carboxylic acids is 2. The highest BCUT2D eigenvalue weighted by molar-refractivity contribution is 5.90. The minimum atomic E-state index is -1.09. The first-order valence-electron chi connectivity index (χ1n) is 5.78. The average Bonchev–Trinajstić information content (AvgIpc) is 2.25. The fourth-order valence-electron chi connectivity index (χ4n) is 1.97. The van der Waals surface area contributed by atoms with Crippen molar-refractivity contribution in [3.05, 3.63) is 23.3 Å². The van der Waals surface area contributed by atoms with Gasteiger partial charge in [0.05, 0.1) is 5.41 Å². The lowest BCUT2D eigenvalue weighted by molar-refractivity contribution is -0.145. The highest BCUT2D eigenvalue weighted by Crippen LogP contribution is 2.35. The van der Waals surface area contributed by atoms with Gasteiger partial charge in [-0.25, -0.2) is 4.79 Å². The van der Waals surface area contributed by atoms with Crippen LogP contribution in [0.25, 0.3) is 0 Å². The number of hydrogen-bond donors (Lipinski definition) is 2. The number of unbranched alkanes of at least 4 members (excludes halogenated alkanes) is 1. The molecule has 2 N–H and O–H groups in total. The minimum Gasteiger partial charge on any atom is -0.481 e. The number of hydrogen-bond acceptors (Lipinski definition) is 2. The van der Waals surface area contributed by atoms with Gasteiger partial charge in [-0.15, -0.1) is 0 Å². The average molecular weight is 238 g/mol. The second-order valence-corrected chi connectivity index (χ2v) is 4.70. The van der Waals surface area contributed by atoms with Crippen molar-refractivity contribution in [3.8, 4) is 0 Å². The van der Waals surface area contributed by atoms with E-state index in [9.17, 15) is 14.7 Å². The van der Waals surface area contributed by atoms with Crippen molar-refractivity contribution in [3.63, 3.8) is 0 Å². The van der Waals surface area contributed by atoms with Crippen LogP contribution in [0.2, 0.25) is 0 Å². The van der Waals surface area contributed by atoms with Gasteiger partial charge in [-0.1, -0.05) is 25.0 Å². The lowest BCUT2D eigenvalue weighted by Crippen LogP contribution is -2.29. The SMILES string of the molecule is CCCCC1=CC(C)(C(=O)O)CC(C(=O)O)=C1. The van der Waals surface area contributed by atoms with Crippen molar-refractivity contribution in [2.45, 2.75) is 39.5 Å². The molecule has 1 atom stereocenters. The maximum absolute atomic E-state index is 11.2. The third-order valence-electron chi connectivity index (χ3n) is 3.00. The summed E-state index contributed by atoms with van der Waals surface area (Å²) in [6.45, 7) is 3.61. The first-order chi connectivity index (χ1) is 7.89. The Bertz CT molecular complexity index is 392. The normalized spacial score (nSPS) is 23.9. The number of carboxylic acid groups (broad SMARTS) is 2. The van der Waals surface area contributed by atoms with E-state index in [1.807, 2.05) is 6.92 Å². The lowest BCUT2D eigenvalue weighted by Gasteiger charge is -2.26. The topological polar surface area (TPSA) is 74.6 Å². The highest BCUT2D eigenvalue weighted by Gasteiger charge is 2.36. The third-order valence-corrected chi connectivity index (χ3v) is 3.00. The zero-order chi connectivity index (χ0) is 13.1. The quantitative estimate of drug-likeness (QED) is 0.772. The predicted octanol–water partition coefficient (Wildman–Crippen LogP) is 2.61. The predicted molar refractivity (Wildman–Crippen MR) is 63.7 cm³/mol. The Labute approximate surface area is 101 Å². The fourth-order valence-corrected chi connectivity index (χ4v) is 1.97. The number of allylic oxidation sites excluding steroid dienone is 2.